The number of carbonyl (C=O) groups excluding carboxylic acids is 3. The van der Waals surface area contributed by atoms with Gasteiger partial charge in [0.15, 0.2) is 6.10 Å². The van der Waals surface area contributed by atoms with E-state index < -0.39 is 42.1 Å². The van der Waals surface area contributed by atoms with Crippen molar-refractivity contribution in [1.82, 2.24) is 10.2 Å². The third kappa shape index (κ3) is 7.68. The van der Waals surface area contributed by atoms with Crippen LogP contribution in [0.4, 0.5) is 0 Å². The van der Waals surface area contributed by atoms with E-state index in [0.29, 0.717) is 45.2 Å². The van der Waals surface area contributed by atoms with Gasteiger partial charge in [-0.2, -0.15) is 0 Å². The van der Waals surface area contributed by atoms with Crippen LogP contribution in [0.2, 0.25) is 0 Å². The Labute approximate surface area is 189 Å². The standard InChI is InChI=1S/C22H37N3O7/c23-17-6-7-19(26)31-14-16(13-25-8-10-30-11-9-25)32-22(29)20(27)18(24-21(17)28)12-15-4-2-1-3-5-15/h15-18,20,27H,1-14,23H2,(H,24,28)/t16?,17-,18-,20+/m0/s1. The number of rotatable bonds is 4. The highest BCUT2D eigenvalue weighted by molar-refractivity contribution is 5.84. The number of morpholine rings is 1. The topological polar surface area (TPSA) is 140 Å². The zero-order valence-electron chi connectivity index (χ0n) is 18.7. The molecule has 0 aromatic heterocycles. The van der Waals surface area contributed by atoms with Gasteiger partial charge in [-0.1, -0.05) is 32.1 Å². The molecule has 10 heteroatoms. The van der Waals surface area contributed by atoms with Crippen LogP contribution in [-0.4, -0.2) is 91.6 Å². The zero-order valence-corrected chi connectivity index (χ0v) is 18.7. The summed E-state index contributed by atoms with van der Waals surface area (Å²) in [5, 5.41) is 13.6. The summed E-state index contributed by atoms with van der Waals surface area (Å²) in [5.41, 5.74) is 5.95. The predicted octanol–water partition coefficient (Wildman–Crippen LogP) is -0.289. The Bertz CT molecular complexity index is 635. The molecule has 1 aliphatic carbocycles. The summed E-state index contributed by atoms with van der Waals surface area (Å²) in [7, 11) is 0. The van der Waals surface area contributed by atoms with Crippen molar-refractivity contribution in [3.05, 3.63) is 0 Å². The van der Waals surface area contributed by atoms with Crippen molar-refractivity contribution in [1.29, 1.82) is 0 Å². The summed E-state index contributed by atoms with van der Waals surface area (Å²) in [6.45, 7) is 2.78. The maximum absolute atomic E-state index is 12.9. The van der Waals surface area contributed by atoms with E-state index in [1.165, 1.54) is 6.42 Å². The van der Waals surface area contributed by atoms with Crippen LogP contribution in [0.15, 0.2) is 0 Å². The molecule has 3 rings (SSSR count). The molecule has 32 heavy (non-hydrogen) atoms. The minimum atomic E-state index is -1.52. The maximum Gasteiger partial charge on any atom is 0.337 e. The number of amides is 1. The molecule has 10 nitrogen and oxygen atoms in total. The quantitative estimate of drug-likeness (QED) is 0.488. The van der Waals surface area contributed by atoms with E-state index in [1.807, 2.05) is 0 Å². The monoisotopic (exact) mass is 455 g/mol. The molecule has 4 atom stereocenters. The molecule has 0 aromatic rings. The van der Waals surface area contributed by atoms with Gasteiger partial charge in [0.2, 0.25) is 5.91 Å². The first kappa shape index (κ1) is 24.9. The third-order valence-corrected chi connectivity index (χ3v) is 6.54. The van der Waals surface area contributed by atoms with Gasteiger partial charge in [-0.15, -0.1) is 0 Å². The van der Waals surface area contributed by atoms with Gasteiger partial charge in [0, 0.05) is 26.1 Å². The summed E-state index contributed by atoms with van der Waals surface area (Å²) in [5.74, 6) is -1.50. The number of ether oxygens (including phenoxy) is 3. The number of aliphatic hydroxyl groups is 1. The molecule has 1 saturated carbocycles. The van der Waals surface area contributed by atoms with E-state index in [4.69, 9.17) is 19.9 Å². The number of aliphatic hydroxyl groups excluding tert-OH is 1. The number of hydrogen-bond donors (Lipinski definition) is 3. The van der Waals surface area contributed by atoms with Crippen molar-refractivity contribution < 1.29 is 33.7 Å². The number of hydrogen-bond acceptors (Lipinski definition) is 9. The van der Waals surface area contributed by atoms with Gasteiger partial charge < -0.3 is 30.4 Å². The Kier molecular flexibility index (Phi) is 9.70. The Morgan fingerprint density at radius 3 is 2.50 bits per heavy atom. The van der Waals surface area contributed by atoms with Crippen LogP contribution in [0.25, 0.3) is 0 Å². The smallest absolute Gasteiger partial charge is 0.337 e. The van der Waals surface area contributed by atoms with Crippen LogP contribution in [-0.2, 0) is 28.6 Å². The number of nitrogens with two attached hydrogens (primary N) is 1. The molecule has 1 amide bonds. The zero-order chi connectivity index (χ0) is 22.9. The second kappa shape index (κ2) is 12.5. The summed E-state index contributed by atoms with van der Waals surface area (Å²) < 4.78 is 16.2. The second-order valence-corrected chi connectivity index (χ2v) is 9.10. The van der Waals surface area contributed by atoms with E-state index in [-0.39, 0.29) is 19.4 Å². The molecule has 3 fully saturated rings. The van der Waals surface area contributed by atoms with Crippen LogP contribution in [0.5, 0.6) is 0 Å². The molecule has 2 heterocycles. The molecule has 0 spiro atoms. The van der Waals surface area contributed by atoms with Crippen molar-refractivity contribution in [3.63, 3.8) is 0 Å². The number of cyclic esters (lactones) is 2. The van der Waals surface area contributed by atoms with Crippen molar-refractivity contribution in [2.24, 2.45) is 11.7 Å². The Balaban J connectivity index is 1.72. The summed E-state index contributed by atoms with van der Waals surface area (Å²) in [6.07, 6.45) is 3.75. The lowest BCUT2D eigenvalue weighted by atomic mass is 9.83. The number of nitrogens with zero attached hydrogens (tertiary/aromatic N) is 1. The fourth-order valence-corrected chi connectivity index (χ4v) is 4.59. The van der Waals surface area contributed by atoms with Crippen LogP contribution in [0.3, 0.4) is 0 Å². The largest absolute Gasteiger partial charge is 0.462 e. The highest BCUT2D eigenvalue weighted by Crippen LogP contribution is 2.28. The molecule has 1 unspecified atom stereocenters. The van der Waals surface area contributed by atoms with Crippen molar-refractivity contribution in [2.75, 3.05) is 39.5 Å². The SMILES string of the molecule is N[C@H]1CCC(=O)OCC(CN2CCOCC2)OC(=O)[C@H](O)[C@H](CC2CCCCC2)NC1=O. The third-order valence-electron chi connectivity index (χ3n) is 6.54. The van der Waals surface area contributed by atoms with Crippen molar-refractivity contribution in [3.8, 4) is 0 Å². The van der Waals surface area contributed by atoms with Gasteiger partial charge in [-0.05, 0) is 18.8 Å². The van der Waals surface area contributed by atoms with Crippen molar-refractivity contribution in [2.45, 2.75) is 75.7 Å². The Morgan fingerprint density at radius 1 is 1.06 bits per heavy atom. The molecule has 3 aliphatic rings. The lowest BCUT2D eigenvalue weighted by Gasteiger charge is -2.32. The molecule has 2 saturated heterocycles. The van der Waals surface area contributed by atoms with Gasteiger partial charge in [0.25, 0.3) is 0 Å². The number of carbonyl (C=O) groups is 3. The minimum absolute atomic E-state index is 0.0113. The second-order valence-electron chi connectivity index (χ2n) is 9.10. The minimum Gasteiger partial charge on any atom is -0.462 e. The summed E-state index contributed by atoms with van der Waals surface area (Å²) in [6, 6.07) is -1.71. The average Bonchev–Trinajstić information content (AvgIpc) is 2.81. The molecular weight excluding hydrogens is 418 g/mol. The van der Waals surface area contributed by atoms with E-state index in [0.717, 1.165) is 25.7 Å². The lowest BCUT2D eigenvalue weighted by molar-refractivity contribution is -0.169. The van der Waals surface area contributed by atoms with Gasteiger partial charge >= 0.3 is 11.9 Å². The molecule has 0 radical (unpaired) electrons. The normalized spacial score (nSPS) is 32.6. The lowest BCUT2D eigenvalue weighted by Crippen LogP contribution is -2.53. The first-order valence-electron chi connectivity index (χ1n) is 11.8. The fraction of sp³-hybridized carbons (Fsp3) is 0.864. The van der Waals surface area contributed by atoms with Crippen LogP contribution < -0.4 is 11.1 Å². The van der Waals surface area contributed by atoms with Gasteiger partial charge in [0.1, 0.15) is 12.7 Å². The highest BCUT2D eigenvalue weighted by atomic mass is 16.6. The summed E-state index contributed by atoms with van der Waals surface area (Å²) in [4.78, 5) is 39.6. The maximum atomic E-state index is 12.9. The average molecular weight is 456 g/mol. The number of nitrogens with one attached hydrogen (secondary N) is 1. The van der Waals surface area contributed by atoms with E-state index in [2.05, 4.69) is 10.2 Å². The van der Waals surface area contributed by atoms with E-state index >= 15 is 0 Å². The first-order valence-corrected chi connectivity index (χ1v) is 11.8. The molecule has 0 aromatic carbocycles. The number of esters is 2. The van der Waals surface area contributed by atoms with Gasteiger partial charge in [-0.25, -0.2) is 4.79 Å². The van der Waals surface area contributed by atoms with Crippen LogP contribution in [0, 0.1) is 5.92 Å². The highest BCUT2D eigenvalue weighted by Gasteiger charge is 2.35. The molecular formula is C22H37N3O7. The van der Waals surface area contributed by atoms with Gasteiger partial charge in [0.05, 0.1) is 25.3 Å². The Morgan fingerprint density at radius 2 is 1.78 bits per heavy atom. The van der Waals surface area contributed by atoms with Crippen LogP contribution in [0.1, 0.15) is 51.4 Å². The predicted molar refractivity (Wildman–Crippen MR) is 114 cm³/mol. The molecule has 0 bridgehead atoms. The Hall–Kier alpha value is -1.75. The molecule has 182 valence electrons. The van der Waals surface area contributed by atoms with E-state index in [9.17, 15) is 19.5 Å². The molecule has 2 aliphatic heterocycles. The first-order chi connectivity index (χ1) is 15.4. The summed E-state index contributed by atoms with van der Waals surface area (Å²) >= 11 is 0. The van der Waals surface area contributed by atoms with Gasteiger partial charge in [-0.3, -0.25) is 14.5 Å². The fourth-order valence-electron chi connectivity index (χ4n) is 4.59. The van der Waals surface area contributed by atoms with E-state index in [1.54, 1.807) is 0 Å². The molecule has 4 N–H and O–H groups in total. The van der Waals surface area contributed by atoms with Crippen LogP contribution >= 0.6 is 0 Å². The van der Waals surface area contributed by atoms with Crippen molar-refractivity contribution >= 4 is 17.8 Å².